The van der Waals surface area contributed by atoms with Gasteiger partial charge in [0.1, 0.15) is 5.21 Å². The van der Waals surface area contributed by atoms with Gasteiger partial charge in [0.2, 0.25) is 10.0 Å². The van der Waals surface area contributed by atoms with Gasteiger partial charge in [-0.2, -0.15) is 0 Å². The number of hydrogen-bond acceptors (Lipinski definition) is 5. The Morgan fingerprint density at radius 1 is 1.53 bits per heavy atom. The number of hydrogen-bond donors (Lipinski definition) is 1. The number of halogens is 1. The fraction of sp³-hybridized carbons (Fsp3) is 0.250. The Morgan fingerprint density at radius 3 is 2.65 bits per heavy atom. The number of rotatable bonds is 5. The van der Waals surface area contributed by atoms with E-state index in [1.54, 1.807) is 0 Å². The minimum Gasteiger partial charge on any atom is -0.490 e. The molecular weight excluding hydrogens is 272 g/mol. The van der Waals surface area contributed by atoms with E-state index >= 15 is 0 Å². The smallest absolute Gasteiger partial charge is 0.312 e. The molecule has 1 aromatic carbocycles. The Morgan fingerprint density at radius 2 is 2.18 bits per heavy atom. The van der Waals surface area contributed by atoms with Crippen LogP contribution in [0.15, 0.2) is 18.2 Å². The molecule has 1 rings (SSSR count). The molecule has 0 aromatic heterocycles. The van der Waals surface area contributed by atoms with Gasteiger partial charge >= 0.3 is 5.69 Å². The predicted molar refractivity (Wildman–Crippen MR) is 62.9 cm³/mol. The molecule has 94 valence electrons. The maximum absolute atomic E-state index is 11.2. The van der Waals surface area contributed by atoms with Gasteiger partial charge in [-0.3, -0.25) is 14.8 Å². The van der Waals surface area contributed by atoms with E-state index in [0.29, 0.717) is 0 Å². The highest BCUT2D eigenvalue weighted by Crippen LogP contribution is 2.29. The molecule has 1 N–H and O–H groups in total. The summed E-state index contributed by atoms with van der Waals surface area (Å²) in [6.45, 7) is 0. The van der Waals surface area contributed by atoms with Gasteiger partial charge < -0.3 is 4.74 Å². The van der Waals surface area contributed by atoms with Crippen molar-refractivity contribution in [1.29, 1.82) is 0 Å². The van der Waals surface area contributed by atoms with Gasteiger partial charge in [0, 0.05) is 6.07 Å². The summed E-state index contributed by atoms with van der Waals surface area (Å²) in [5.41, 5.74) is -0.277. The van der Waals surface area contributed by atoms with Gasteiger partial charge in [0.25, 0.3) is 0 Å². The SMILES string of the molecule is COc1ccc(NS(=O)(=O)CCl)cc1[N+](=O)[O-]. The summed E-state index contributed by atoms with van der Waals surface area (Å²) in [4.78, 5) is 10.0. The summed E-state index contributed by atoms with van der Waals surface area (Å²) in [7, 11) is -2.40. The molecule has 0 unspecified atom stereocenters. The van der Waals surface area contributed by atoms with Crippen LogP contribution in [0.3, 0.4) is 0 Å². The van der Waals surface area contributed by atoms with Crippen molar-refractivity contribution in [2.24, 2.45) is 0 Å². The maximum atomic E-state index is 11.2. The van der Waals surface area contributed by atoms with Crippen LogP contribution in [-0.2, 0) is 10.0 Å². The molecule has 17 heavy (non-hydrogen) atoms. The van der Waals surface area contributed by atoms with Crippen molar-refractivity contribution in [3.63, 3.8) is 0 Å². The van der Waals surface area contributed by atoms with Crippen LogP contribution in [0.5, 0.6) is 5.75 Å². The standard InChI is InChI=1S/C8H9ClN2O5S/c1-16-8-3-2-6(4-7(8)11(12)13)10-17(14,15)5-9/h2-4,10H,5H2,1H3. The molecule has 0 fully saturated rings. The van der Waals surface area contributed by atoms with Gasteiger partial charge in [-0.25, -0.2) is 8.42 Å². The molecule has 0 radical (unpaired) electrons. The Labute approximate surface area is 103 Å². The minimum absolute atomic E-state index is 0.0452. The zero-order chi connectivity index (χ0) is 13.1. The molecule has 0 saturated heterocycles. The second kappa shape index (κ2) is 5.19. The third kappa shape index (κ3) is 3.46. The van der Waals surface area contributed by atoms with Crippen molar-refractivity contribution in [2.75, 3.05) is 17.0 Å². The average Bonchev–Trinajstić information content (AvgIpc) is 2.28. The first-order chi connectivity index (χ1) is 7.89. The molecule has 7 nitrogen and oxygen atoms in total. The van der Waals surface area contributed by atoms with E-state index in [-0.39, 0.29) is 17.1 Å². The highest BCUT2D eigenvalue weighted by molar-refractivity contribution is 7.93. The molecule has 0 amide bonds. The van der Waals surface area contributed by atoms with Crippen molar-refractivity contribution in [3.05, 3.63) is 28.3 Å². The van der Waals surface area contributed by atoms with E-state index in [1.807, 2.05) is 0 Å². The summed E-state index contributed by atoms with van der Waals surface area (Å²) >= 11 is 5.19. The number of nitrogens with zero attached hydrogens (tertiary/aromatic N) is 1. The zero-order valence-electron chi connectivity index (χ0n) is 8.71. The van der Waals surface area contributed by atoms with Crippen LogP contribution in [-0.4, -0.2) is 25.7 Å². The summed E-state index contributed by atoms with van der Waals surface area (Å²) in [6, 6.07) is 3.70. The van der Waals surface area contributed by atoms with Crippen molar-refractivity contribution in [1.82, 2.24) is 0 Å². The van der Waals surface area contributed by atoms with Crippen molar-refractivity contribution in [3.8, 4) is 5.75 Å². The molecule has 0 spiro atoms. The normalized spacial score (nSPS) is 10.9. The van der Waals surface area contributed by atoms with Crippen molar-refractivity contribution in [2.45, 2.75) is 0 Å². The monoisotopic (exact) mass is 280 g/mol. The van der Waals surface area contributed by atoms with E-state index < -0.39 is 20.2 Å². The van der Waals surface area contributed by atoms with Gasteiger partial charge in [0.05, 0.1) is 17.7 Å². The van der Waals surface area contributed by atoms with Gasteiger partial charge in [-0.15, -0.1) is 11.6 Å². The van der Waals surface area contributed by atoms with E-state index in [4.69, 9.17) is 16.3 Å². The van der Waals surface area contributed by atoms with Crippen LogP contribution in [0, 0.1) is 10.1 Å². The highest BCUT2D eigenvalue weighted by atomic mass is 35.5. The lowest BCUT2D eigenvalue weighted by Gasteiger charge is -2.06. The minimum atomic E-state index is -3.68. The quantitative estimate of drug-likeness (QED) is 0.501. The summed E-state index contributed by atoms with van der Waals surface area (Å²) in [6.07, 6.45) is 0. The molecule has 1 aromatic rings. The van der Waals surface area contributed by atoms with Crippen molar-refractivity contribution < 1.29 is 18.1 Å². The largest absolute Gasteiger partial charge is 0.490 e. The fourth-order valence-corrected chi connectivity index (χ4v) is 1.81. The van der Waals surface area contributed by atoms with E-state index in [9.17, 15) is 18.5 Å². The number of sulfonamides is 1. The van der Waals surface area contributed by atoms with E-state index in [1.165, 1.54) is 19.2 Å². The van der Waals surface area contributed by atoms with Crippen LogP contribution in [0.4, 0.5) is 11.4 Å². The molecule has 0 aliphatic heterocycles. The lowest BCUT2D eigenvalue weighted by atomic mass is 10.2. The predicted octanol–water partition coefficient (Wildman–Crippen LogP) is 1.54. The van der Waals surface area contributed by atoms with E-state index in [0.717, 1.165) is 6.07 Å². The topological polar surface area (TPSA) is 98.5 Å². The first-order valence-corrected chi connectivity index (χ1v) is 6.47. The number of benzene rings is 1. The Kier molecular flexibility index (Phi) is 4.13. The van der Waals surface area contributed by atoms with Crippen LogP contribution in [0.1, 0.15) is 0 Å². The molecule has 0 heterocycles. The van der Waals surface area contributed by atoms with Crippen LogP contribution in [0.2, 0.25) is 0 Å². The van der Waals surface area contributed by atoms with E-state index in [2.05, 4.69) is 4.72 Å². The molecule has 0 aliphatic rings. The molecule has 0 bridgehead atoms. The molecule has 0 aliphatic carbocycles. The fourth-order valence-electron chi connectivity index (χ4n) is 1.10. The molecule has 0 saturated carbocycles. The first kappa shape index (κ1) is 13.5. The second-order valence-electron chi connectivity index (χ2n) is 2.97. The average molecular weight is 281 g/mol. The van der Waals surface area contributed by atoms with Crippen LogP contribution in [0.25, 0.3) is 0 Å². The molecule has 9 heteroatoms. The zero-order valence-corrected chi connectivity index (χ0v) is 10.3. The number of nitrogens with one attached hydrogen (secondary N) is 1. The maximum Gasteiger partial charge on any atom is 0.312 e. The number of anilines is 1. The summed E-state index contributed by atoms with van der Waals surface area (Å²) in [5.74, 6) is 0.0452. The number of methoxy groups -OCH3 is 1. The third-order valence-corrected chi connectivity index (χ3v) is 3.49. The first-order valence-electron chi connectivity index (χ1n) is 4.28. The summed E-state index contributed by atoms with van der Waals surface area (Å²) < 4.78 is 29.2. The lowest BCUT2D eigenvalue weighted by molar-refractivity contribution is -0.385. The van der Waals surface area contributed by atoms with Gasteiger partial charge in [-0.05, 0) is 12.1 Å². The van der Waals surface area contributed by atoms with Gasteiger partial charge in [-0.1, -0.05) is 0 Å². The van der Waals surface area contributed by atoms with Crippen LogP contribution < -0.4 is 9.46 Å². The molecular formula is C8H9ClN2O5S. The number of nitro groups is 1. The third-order valence-electron chi connectivity index (χ3n) is 1.79. The summed E-state index contributed by atoms with van der Waals surface area (Å²) in [5, 5.41) is 10.1. The number of alkyl halides is 1. The van der Waals surface area contributed by atoms with Crippen LogP contribution >= 0.6 is 11.6 Å². The highest BCUT2D eigenvalue weighted by Gasteiger charge is 2.17. The number of ether oxygens (including phenoxy) is 1. The lowest BCUT2D eigenvalue weighted by Crippen LogP contribution is -2.13. The number of nitro benzene ring substituents is 1. The second-order valence-corrected chi connectivity index (χ2v) is 5.28. The van der Waals surface area contributed by atoms with Gasteiger partial charge in [0.15, 0.2) is 5.75 Å². The molecule has 0 atom stereocenters. The Hall–Kier alpha value is -1.54. The Bertz CT molecular complexity index is 531. The Balaban J connectivity index is 3.13. The van der Waals surface area contributed by atoms with Crippen molar-refractivity contribution >= 4 is 33.0 Å².